The third-order valence-corrected chi connectivity index (χ3v) is 1.56. The number of carbonyl (C=O) groups is 1. The first-order valence-electron chi connectivity index (χ1n) is 3.68. The molecule has 0 aliphatic carbocycles. The van der Waals surface area contributed by atoms with Crippen LogP contribution in [0.3, 0.4) is 0 Å². The van der Waals surface area contributed by atoms with E-state index in [1.165, 1.54) is 7.11 Å². The molecule has 1 aromatic rings. The molecule has 0 bridgehead atoms. The Morgan fingerprint density at radius 2 is 2.00 bits per heavy atom. The van der Waals surface area contributed by atoms with Crippen molar-refractivity contribution in [1.82, 2.24) is 0 Å². The molecule has 0 heterocycles. The molecular formula is C9H9ClO3. The Morgan fingerprint density at radius 1 is 1.38 bits per heavy atom. The first-order chi connectivity index (χ1) is 6.24. The van der Waals surface area contributed by atoms with E-state index in [2.05, 4.69) is 0 Å². The molecule has 0 amide bonds. The normalized spacial score (nSPS) is 12.2. The molecule has 0 aliphatic rings. The van der Waals surface area contributed by atoms with Gasteiger partial charge in [0, 0.05) is 7.11 Å². The van der Waals surface area contributed by atoms with Crippen LogP contribution in [0.2, 0.25) is 0 Å². The van der Waals surface area contributed by atoms with Crippen LogP contribution in [0.4, 0.5) is 0 Å². The van der Waals surface area contributed by atoms with Gasteiger partial charge in [0.1, 0.15) is 5.75 Å². The minimum Gasteiger partial charge on any atom is -0.456 e. The Morgan fingerprint density at radius 3 is 2.46 bits per heavy atom. The topological polar surface area (TPSA) is 35.5 Å². The SMILES string of the molecule is COC(Oc1ccccc1)C(=O)Cl. The van der Waals surface area contributed by atoms with Crippen LogP contribution in [-0.2, 0) is 9.53 Å². The molecule has 70 valence electrons. The first kappa shape index (κ1) is 10.0. The van der Waals surface area contributed by atoms with E-state index in [9.17, 15) is 4.79 Å². The van der Waals surface area contributed by atoms with E-state index in [-0.39, 0.29) is 0 Å². The van der Waals surface area contributed by atoms with Gasteiger partial charge in [-0.05, 0) is 23.7 Å². The van der Waals surface area contributed by atoms with Gasteiger partial charge >= 0.3 is 0 Å². The van der Waals surface area contributed by atoms with Crippen molar-refractivity contribution in [1.29, 1.82) is 0 Å². The van der Waals surface area contributed by atoms with E-state index in [0.29, 0.717) is 5.75 Å². The molecule has 0 spiro atoms. The third kappa shape index (κ3) is 3.05. The van der Waals surface area contributed by atoms with Crippen LogP contribution in [-0.4, -0.2) is 18.6 Å². The minimum atomic E-state index is -1.04. The number of hydrogen-bond donors (Lipinski definition) is 0. The number of carbonyl (C=O) groups excluding carboxylic acids is 1. The second-order valence-electron chi connectivity index (χ2n) is 2.30. The van der Waals surface area contributed by atoms with Gasteiger partial charge in [-0.3, -0.25) is 4.79 Å². The summed E-state index contributed by atoms with van der Waals surface area (Å²) in [7, 11) is 1.36. The second-order valence-corrected chi connectivity index (χ2v) is 2.68. The second kappa shape index (κ2) is 4.84. The summed E-state index contributed by atoms with van der Waals surface area (Å²) in [6.07, 6.45) is -1.04. The monoisotopic (exact) mass is 200 g/mol. The molecule has 3 nitrogen and oxygen atoms in total. The fourth-order valence-corrected chi connectivity index (χ4v) is 0.943. The van der Waals surface area contributed by atoms with Crippen LogP contribution in [0, 0.1) is 0 Å². The summed E-state index contributed by atoms with van der Waals surface area (Å²) < 4.78 is 9.83. The molecule has 1 aromatic carbocycles. The number of methoxy groups -OCH3 is 1. The zero-order chi connectivity index (χ0) is 9.68. The average molecular weight is 201 g/mol. The van der Waals surface area contributed by atoms with Gasteiger partial charge in [0.25, 0.3) is 11.5 Å². The van der Waals surface area contributed by atoms with Crippen molar-refractivity contribution in [2.45, 2.75) is 6.29 Å². The Balaban J connectivity index is 2.62. The van der Waals surface area contributed by atoms with Gasteiger partial charge in [-0.2, -0.15) is 0 Å². The van der Waals surface area contributed by atoms with Gasteiger partial charge in [-0.25, -0.2) is 0 Å². The van der Waals surface area contributed by atoms with E-state index >= 15 is 0 Å². The van der Waals surface area contributed by atoms with Crippen molar-refractivity contribution in [3.05, 3.63) is 30.3 Å². The van der Waals surface area contributed by atoms with Crippen molar-refractivity contribution < 1.29 is 14.3 Å². The molecule has 0 radical (unpaired) electrons. The molecule has 0 saturated carbocycles. The minimum absolute atomic E-state index is 0.545. The van der Waals surface area contributed by atoms with Crippen LogP contribution in [0.15, 0.2) is 30.3 Å². The summed E-state index contributed by atoms with van der Waals surface area (Å²) >= 11 is 5.20. The average Bonchev–Trinajstić information content (AvgIpc) is 2.15. The van der Waals surface area contributed by atoms with E-state index in [1.807, 2.05) is 6.07 Å². The molecule has 4 heteroatoms. The summed E-state index contributed by atoms with van der Waals surface area (Å²) in [5.74, 6) is 0.545. The maximum absolute atomic E-state index is 10.7. The zero-order valence-corrected chi connectivity index (χ0v) is 7.82. The fraction of sp³-hybridized carbons (Fsp3) is 0.222. The summed E-state index contributed by atoms with van der Waals surface area (Å²) in [5, 5.41) is -0.675. The van der Waals surface area contributed by atoms with Crippen molar-refractivity contribution in [2.75, 3.05) is 7.11 Å². The Hall–Kier alpha value is -1.06. The van der Waals surface area contributed by atoms with Crippen LogP contribution in [0.25, 0.3) is 0 Å². The summed E-state index contributed by atoms with van der Waals surface area (Å²) in [4.78, 5) is 10.7. The van der Waals surface area contributed by atoms with Crippen LogP contribution in [0.5, 0.6) is 5.75 Å². The summed E-state index contributed by atoms with van der Waals surface area (Å²) in [6, 6.07) is 8.86. The Labute approximate surface area is 81.2 Å². The zero-order valence-electron chi connectivity index (χ0n) is 7.07. The summed E-state index contributed by atoms with van der Waals surface area (Å²) in [5.41, 5.74) is 0. The van der Waals surface area contributed by atoms with E-state index in [4.69, 9.17) is 21.1 Å². The van der Waals surface area contributed by atoms with Gasteiger partial charge in [-0.1, -0.05) is 18.2 Å². The molecule has 1 atom stereocenters. The lowest BCUT2D eigenvalue weighted by atomic mass is 10.3. The molecule has 1 rings (SSSR count). The maximum atomic E-state index is 10.7. The highest BCUT2D eigenvalue weighted by atomic mass is 35.5. The number of benzene rings is 1. The summed E-state index contributed by atoms with van der Waals surface area (Å²) in [6.45, 7) is 0. The van der Waals surface area contributed by atoms with Gasteiger partial charge in [0.2, 0.25) is 0 Å². The largest absolute Gasteiger partial charge is 0.456 e. The van der Waals surface area contributed by atoms with Gasteiger partial charge in [-0.15, -0.1) is 0 Å². The lowest BCUT2D eigenvalue weighted by Crippen LogP contribution is -2.25. The molecule has 0 aromatic heterocycles. The van der Waals surface area contributed by atoms with E-state index in [1.54, 1.807) is 24.3 Å². The number of ether oxygens (including phenoxy) is 2. The lowest BCUT2D eigenvalue weighted by Gasteiger charge is -2.12. The van der Waals surface area contributed by atoms with Crippen molar-refractivity contribution in [2.24, 2.45) is 0 Å². The van der Waals surface area contributed by atoms with Gasteiger partial charge in [0.15, 0.2) is 0 Å². The van der Waals surface area contributed by atoms with E-state index < -0.39 is 11.5 Å². The number of rotatable bonds is 4. The predicted molar refractivity (Wildman–Crippen MR) is 48.7 cm³/mol. The Bertz CT molecular complexity index is 273. The highest BCUT2D eigenvalue weighted by Crippen LogP contribution is 2.12. The standard InChI is InChI=1S/C9H9ClO3/c1-12-9(8(10)11)13-7-5-3-2-4-6-7/h2-6,9H,1H3. The smallest absolute Gasteiger partial charge is 0.290 e. The van der Waals surface area contributed by atoms with Crippen LogP contribution >= 0.6 is 11.6 Å². The molecule has 0 fully saturated rings. The highest BCUT2D eigenvalue weighted by Gasteiger charge is 2.16. The van der Waals surface area contributed by atoms with E-state index in [0.717, 1.165) is 0 Å². The molecule has 0 saturated heterocycles. The number of para-hydroxylation sites is 1. The van der Waals surface area contributed by atoms with Crippen LogP contribution < -0.4 is 4.74 Å². The first-order valence-corrected chi connectivity index (χ1v) is 4.05. The van der Waals surface area contributed by atoms with Crippen molar-refractivity contribution in [3.8, 4) is 5.75 Å². The fourth-order valence-electron chi connectivity index (χ4n) is 0.810. The third-order valence-electron chi connectivity index (χ3n) is 1.39. The molecule has 1 unspecified atom stereocenters. The Kier molecular flexibility index (Phi) is 3.73. The number of halogens is 1. The van der Waals surface area contributed by atoms with Crippen molar-refractivity contribution in [3.63, 3.8) is 0 Å². The molecule has 0 aliphatic heterocycles. The molecular weight excluding hydrogens is 192 g/mol. The van der Waals surface area contributed by atoms with Crippen LogP contribution in [0.1, 0.15) is 0 Å². The highest BCUT2D eigenvalue weighted by molar-refractivity contribution is 6.64. The molecule has 13 heavy (non-hydrogen) atoms. The lowest BCUT2D eigenvalue weighted by molar-refractivity contribution is -0.136. The van der Waals surface area contributed by atoms with Crippen molar-refractivity contribution >= 4 is 16.8 Å². The predicted octanol–water partition coefficient (Wildman–Crippen LogP) is 1.80. The number of hydrogen-bond acceptors (Lipinski definition) is 3. The quantitative estimate of drug-likeness (QED) is 0.549. The molecule has 0 N–H and O–H groups in total. The van der Waals surface area contributed by atoms with Gasteiger partial charge < -0.3 is 9.47 Å². The van der Waals surface area contributed by atoms with Gasteiger partial charge in [0.05, 0.1) is 0 Å². The maximum Gasteiger partial charge on any atom is 0.290 e.